The normalized spacial score (nSPS) is 23.3. The highest BCUT2D eigenvalue weighted by molar-refractivity contribution is 6.24. The van der Waals surface area contributed by atoms with Crippen LogP contribution < -0.4 is 16.0 Å². The molecule has 2 saturated heterocycles. The number of rotatable bonds is 5. The highest BCUT2D eigenvalue weighted by Crippen LogP contribution is 2.33. The smallest absolute Gasteiger partial charge is 0.317 e. The second-order valence-corrected chi connectivity index (χ2v) is 8.27. The average molecular weight is 452 g/mol. The van der Waals surface area contributed by atoms with E-state index in [0.29, 0.717) is 25.9 Å². The van der Waals surface area contributed by atoms with Crippen LogP contribution in [-0.4, -0.2) is 59.9 Å². The first kappa shape index (κ1) is 22.4. The van der Waals surface area contributed by atoms with Gasteiger partial charge in [-0.3, -0.25) is 29.4 Å². The van der Waals surface area contributed by atoms with Crippen LogP contribution in [0.25, 0.3) is 0 Å². The lowest BCUT2D eigenvalue weighted by atomic mass is 9.89. The largest absolute Gasteiger partial charge is 0.404 e. The fourth-order valence-corrected chi connectivity index (χ4v) is 4.68. The van der Waals surface area contributed by atoms with E-state index >= 15 is 0 Å². The van der Waals surface area contributed by atoms with Crippen LogP contribution in [0.4, 0.5) is 13.2 Å². The van der Waals surface area contributed by atoms with E-state index in [1.54, 1.807) is 0 Å². The van der Waals surface area contributed by atoms with Crippen molar-refractivity contribution in [3.8, 4) is 0 Å². The number of carbonyl (C=O) groups is 4. The first-order chi connectivity index (χ1) is 15.2. The van der Waals surface area contributed by atoms with Gasteiger partial charge in [0.2, 0.25) is 11.8 Å². The van der Waals surface area contributed by atoms with E-state index in [-0.39, 0.29) is 36.1 Å². The van der Waals surface area contributed by atoms with Crippen molar-refractivity contribution in [3.05, 3.63) is 34.9 Å². The van der Waals surface area contributed by atoms with Crippen LogP contribution in [0.5, 0.6) is 0 Å². The molecular formula is C21H23F3N4O4. The van der Waals surface area contributed by atoms with Gasteiger partial charge in [0.1, 0.15) is 12.1 Å². The minimum atomic E-state index is -4.46. The zero-order valence-corrected chi connectivity index (χ0v) is 17.1. The van der Waals surface area contributed by atoms with Gasteiger partial charge in [0.15, 0.2) is 0 Å². The summed E-state index contributed by atoms with van der Waals surface area (Å²) in [5.74, 6) is -3.23. The van der Waals surface area contributed by atoms with Gasteiger partial charge in [0.05, 0.1) is 11.1 Å². The highest BCUT2D eigenvalue weighted by atomic mass is 19.4. The van der Waals surface area contributed by atoms with Gasteiger partial charge in [-0.25, -0.2) is 0 Å². The lowest BCUT2D eigenvalue weighted by Crippen LogP contribution is -2.54. The summed E-state index contributed by atoms with van der Waals surface area (Å²) in [6.45, 7) is 0.765. The summed E-state index contributed by atoms with van der Waals surface area (Å²) in [7, 11) is 0. The van der Waals surface area contributed by atoms with Gasteiger partial charge in [-0.1, -0.05) is 12.1 Å². The maximum absolute atomic E-state index is 13.7. The number of benzene rings is 1. The number of halogens is 3. The Morgan fingerprint density at radius 3 is 2.44 bits per heavy atom. The molecule has 0 aliphatic carbocycles. The lowest BCUT2D eigenvalue weighted by Gasteiger charge is -2.33. The van der Waals surface area contributed by atoms with Crippen LogP contribution in [-0.2, 0) is 16.1 Å². The third-order valence-electron chi connectivity index (χ3n) is 6.27. The fraction of sp³-hybridized carbons (Fsp3) is 0.524. The molecule has 3 N–H and O–H groups in total. The zero-order chi connectivity index (χ0) is 23.0. The van der Waals surface area contributed by atoms with Crippen molar-refractivity contribution >= 4 is 23.6 Å². The number of fused-ring (bicyclic) bond motifs is 1. The summed E-state index contributed by atoms with van der Waals surface area (Å²) in [5.41, 5.74) is 0.309. The Labute approximate surface area is 181 Å². The predicted octanol–water partition coefficient (Wildman–Crippen LogP) is 1.11. The van der Waals surface area contributed by atoms with Crippen LogP contribution in [0.1, 0.15) is 52.0 Å². The third kappa shape index (κ3) is 4.14. The fourth-order valence-electron chi connectivity index (χ4n) is 4.68. The molecule has 8 nitrogen and oxygen atoms in total. The Morgan fingerprint density at radius 1 is 1.06 bits per heavy atom. The summed E-state index contributed by atoms with van der Waals surface area (Å²) in [6.07, 6.45) is -3.70. The lowest BCUT2D eigenvalue weighted by molar-refractivity contribution is -0.170. The summed E-state index contributed by atoms with van der Waals surface area (Å²) in [4.78, 5) is 50.4. The molecule has 3 aliphatic rings. The molecule has 172 valence electrons. The Hall–Kier alpha value is -2.79. The first-order valence-electron chi connectivity index (χ1n) is 10.5. The summed E-state index contributed by atoms with van der Waals surface area (Å²) < 4.78 is 41.1. The van der Waals surface area contributed by atoms with Crippen molar-refractivity contribution in [1.82, 2.24) is 20.9 Å². The van der Waals surface area contributed by atoms with Crippen molar-refractivity contribution in [3.63, 3.8) is 0 Å². The molecule has 3 heterocycles. The minimum Gasteiger partial charge on any atom is -0.317 e. The SMILES string of the molecule is O=C1CCC(N2C(=O)c3cccc(CNC(C4CCNCC4)C(F)(F)F)c3C2=O)C(=O)N1. The predicted molar refractivity (Wildman–Crippen MR) is 105 cm³/mol. The van der Waals surface area contributed by atoms with Crippen molar-refractivity contribution in [1.29, 1.82) is 0 Å². The maximum Gasteiger partial charge on any atom is 0.404 e. The molecule has 11 heteroatoms. The van der Waals surface area contributed by atoms with E-state index in [1.807, 2.05) is 0 Å². The van der Waals surface area contributed by atoms with E-state index < -0.39 is 47.8 Å². The standard InChI is InChI=1S/C21H23F3N4O4/c22-21(23,24)17(11-6-8-25-9-7-11)26-10-12-2-1-3-13-16(12)20(32)28(19(13)31)14-4-5-15(29)27-18(14)30/h1-3,11,14,17,25-26H,4-10H2,(H,27,29,30). The molecule has 2 fully saturated rings. The number of amides is 4. The monoisotopic (exact) mass is 452 g/mol. The number of nitrogens with zero attached hydrogens (tertiary/aromatic N) is 1. The van der Waals surface area contributed by atoms with Crippen molar-refractivity contribution in [2.24, 2.45) is 5.92 Å². The molecule has 2 atom stereocenters. The molecule has 32 heavy (non-hydrogen) atoms. The molecule has 0 spiro atoms. The highest BCUT2D eigenvalue weighted by Gasteiger charge is 2.47. The number of carbonyl (C=O) groups excluding carboxylic acids is 4. The summed E-state index contributed by atoms with van der Waals surface area (Å²) in [5, 5.41) is 7.72. The number of hydrogen-bond acceptors (Lipinski definition) is 6. The van der Waals surface area contributed by atoms with Crippen molar-refractivity contribution in [2.75, 3.05) is 13.1 Å². The third-order valence-corrected chi connectivity index (χ3v) is 6.27. The minimum absolute atomic E-state index is 0.000866. The molecule has 0 radical (unpaired) electrons. The van der Waals surface area contributed by atoms with Gasteiger partial charge in [-0.2, -0.15) is 13.2 Å². The van der Waals surface area contributed by atoms with E-state index in [9.17, 15) is 32.3 Å². The van der Waals surface area contributed by atoms with Gasteiger partial charge in [0, 0.05) is 13.0 Å². The molecular weight excluding hydrogens is 429 g/mol. The molecule has 3 aliphatic heterocycles. The van der Waals surface area contributed by atoms with E-state index in [0.717, 1.165) is 4.90 Å². The number of imide groups is 2. The number of piperidine rings is 2. The second kappa shape index (κ2) is 8.62. The molecule has 0 saturated carbocycles. The van der Waals surface area contributed by atoms with Gasteiger partial charge in [0.25, 0.3) is 11.8 Å². The Kier molecular flexibility index (Phi) is 6.04. The quantitative estimate of drug-likeness (QED) is 0.578. The van der Waals surface area contributed by atoms with E-state index in [2.05, 4.69) is 16.0 Å². The Morgan fingerprint density at radius 2 is 1.78 bits per heavy atom. The first-order valence-corrected chi connectivity index (χ1v) is 10.5. The van der Waals surface area contributed by atoms with Gasteiger partial charge < -0.3 is 10.6 Å². The van der Waals surface area contributed by atoms with Gasteiger partial charge >= 0.3 is 6.18 Å². The maximum atomic E-state index is 13.7. The van der Waals surface area contributed by atoms with Crippen LogP contribution in [0.15, 0.2) is 18.2 Å². The van der Waals surface area contributed by atoms with Crippen molar-refractivity contribution < 1.29 is 32.3 Å². The average Bonchev–Trinajstić information content (AvgIpc) is 2.99. The zero-order valence-electron chi connectivity index (χ0n) is 17.1. The van der Waals surface area contributed by atoms with Crippen LogP contribution in [0.3, 0.4) is 0 Å². The molecule has 2 unspecified atom stereocenters. The summed E-state index contributed by atoms with van der Waals surface area (Å²) in [6, 6.07) is 1.56. The van der Waals surface area contributed by atoms with Crippen molar-refractivity contribution in [2.45, 2.75) is 50.5 Å². The van der Waals surface area contributed by atoms with E-state index in [1.165, 1.54) is 18.2 Å². The van der Waals surface area contributed by atoms with Crippen LogP contribution >= 0.6 is 0 Å². The number of hydrogen-bond donors (Lipinski definition) is 3. The molecule has 0 bridgehead atoms. The molecule has 1 aromatic carbocycles. The summed E-state index contributed by atoms with van der Waals surface area (Å²) >= 11 is 0. The molecule has 1 aromatic rings. The molecule has 4 rings (SSSR count). The second-order valence-electron chi connectivity index (χ2n) is 8.27. The van der Waals surface area contributed by atoms with Crippen LogP contribution in [0, 0.1) is 5.92 Å². The number of nitrogens with one attached hydrogen (secondary N) is 3. The van der Waals surface area contributed by atoms with Gasteiger partial charge in [-0.05, 0) is 49.9 Å². The number of alkyl halides is 3. The Balaban J connectivity index is 1.56. The topological polar surface area (TPSA) is 108 Å². The van der Waals surface area contributed by atoms with E-state index in [4.69, 9.17) is 0 Å². The Bertz CT molecular complexity index is 959. The molecule has 0 aromatic heterocycles. The molecule has 4 amide bonds. The van der Waals surface area contributed by atoms with Gasteiger partial charge in [-0.15, -0.1) is 0 Å². The van der Waals surface area contributed by atoms with Crippen LogP contribution in [0.2, 0.25) is 0 Å².